The lowest BCUT2D eigenvalue weighted by Gasteiger charge is -2.20. The van der Waals surface area contributed by atoms with E-state index in [-0.39, 0.29) is 4.90 Å². The van der Waals surface area contributed by atoms with Crippen LogP contribution in [0.15, 0.2) is 17.0 Å². The number of nitrogens with zero attached hydrogens (tertiary/aromatic N) is 1. The predicted molar refractivity (Wildman–Crippen MR) is 81.7 cm³/mol. The molecule has 1 aromatic carbocycles. The number of benzene rings is 1. The van der Waals surface area contributed by atoms with Gasteiger partial charge < -0.3 is 10.5 Å². The Labute approximate surface area is 126 Å². The molecule has 0 amide bonds. The van der Waals surface area contributed by atoms with E-state index in [4.69, 9.17) is 10.5 Å². The molecule has 5 nitrogen and oxygen atoms in total. The summed E-state index contributed by atoms with van der Waals surface area (Å²) in [6, 6.07) is 3.22. The summed E-state index contributed by atoms with van der Waals surface area (Å²) in [6.45, 7) is 3.10. The molecule has 0 aromatic heterocycles. The molecule has 1 saturated carbocycles. The lowest BCUT2D eigenvalue weighted by atomic mass is 10.0. The van der Waals surface area contributed by atoms with Crippen molar-refractivity contribution in [2.75, 3.05) is 25.9 Å². The first-order chi connectivity index (χ1) is 9.93. The minimum Gasteiger partial charge on any atom is -0.495 e. The summed E-state index contributed by atoms with van der Waals surface area (Å²) in [5.74, 6) is 1.42. The van der Waals surface area contributed by atoms with Crippen LogP contribution in [-0.2, 0) is 10.0 Å². The van der Waals surface area contributed by atoms with Crippen molar-refractivity contribution in [1.82, 2.24) is 4.31 Å². The summed E-state index contributed by atoms with van der Waals surface area (Å²) in [6.07, 6.45) is 3.51. The zero-order valence-corrected chi connectivity index (χ0v) is 13.3. The molecule has 0 bridgehead atoms. The molecule has 21 heavy (non-hydrogen) atoms. The van der Waals surface area contributed by atoms with Crippen LogP contribution in [0.3, 0.4) is 0 Å². The zero-order valence-electron chi connectivity index (χ0n) is 12.5. The van der Waals surface area contributed by atoms with Gasteiger partial charge in [-0.25, -0.2) is 8.42 Å². The molecule has 1 aliphatic heterocycles. The minimum absolute atomic E-state index is 0.188. The number of anilines is 1. The maximum absolute atomic E-state index is 12.9. The highest BCUT2D eigenvalue weighted by molar-refractivity contribution is 7.89. The lowest BCUT2D eigenvalue weighted by Crippen LogP contribution is -2.30. The molecule has 2 aliphatic rings. The summed E-state index contributed by atoms with van der Waals surface area (Å²) >= 11 is 0. The number of fused-ring (bicyclic) bond motifs is 1. The van der Waals surface area contributed by atoms with Crippen molar-refractivity contribution in [2.24, 2.45) is 11.8 Å². The van der Waals surface area contributed by atoms with Crippen molar-refractivity contribution in [1.29, 1.82) is 0 Å². The Hall–Kier alpha value is -1.27. The van der Waals surface area contributed by atoms with Gasteiger partial charge >= 0.3 is 0 Å². The molecular weight excluding hydrogens is 288 g/mol. The van der Waals surface area contributed by atoms with Gasteiger partial charge in [0.05, 0.1) is 7.11 Å². The summed E-state index contributed by atoms with van der Waals surface area (Å²) in [7, 11) is -2.05. The third kappa shape index (κ3) is 2.40. The average molecular weight is 310 g/mol. The van der Waals surface area contributed by atoms with E-state index in [0.29, 0.717) is 36.4 Å². The third-order valence-corrected chi connectivity index (χ3v) is 6.72. The van der Waals surface area contributed by atoms with Crippen LogP contribution in [0.4, 0.5) is 5.69 Å². The second kappa shape index (κ2) is 5.18. The summed E-state index contributed by atoms with van der Waals surface area (Å²) < 4.78 is 32.7. The molecule has 1 saturated heterocycles. The lowest BCUT2D eigenvalue weighted by molar-refractivity contribution is 0.395. The fourth-order valence-corrected chi connectivity index (χ4v) is 5.29. The van der Waals surface area contributed by atoms with Crippen molar-refractivity contribution >= 4 is 15.7 Å². The van der Waals surface area contributed by atoms with Crippen molar-refractivity contribution in [2.45, 2.75) is 31.1 Å². The first-order valence-corrected chi connectivity index (χ1v) is 8.81. The number of hydrogen-bond donors (Lipinski definition) is 1. The van der Waals surface area contributed by atoms with Crippen molar-refractivity contribution < 1.29 is 13.2 Å². The highest BCUT2D eigenvalue weighted by Gasteiger charge is 2.42. The van der Waals surface area contributed by atoms with E-state index < -0.39 is 10.0 Å². The van der Waals surface area contributed by atoms with Crippen LogP contribution in [-0.4, -0.2) is 32.9 Å². The summed E-state index contributed by atoms with van der Waals surface area (Å²) in [4.78, 5) is 0.188. The van der Waals surface area contributed by atoms with Gasteiger partial charge in [-0.05, 0) is 49.3 Å². The number of hydrogen-bond acceptors (Lipinski definition) is 4. The maximum atomic E-state index is 12.9. The van der Waals surface area contributed by atoms with E-state index in [9.17, 15) is 8.42 Å². The van der Waals surface area contributed by atoms with Gasteiger partial charge in [0.1, 0.15) is 10.6 Å². The molecule has 1 aliphatic carbocycles. The van der Waals surface area contributed by atoms with Gasteiger partial charge in [-0.15, -0.1) is 0 Å². The van der Waals surface area contributed by atoms with Gasteiger partial charge in [0, 0.05) is 18.8 Å². The topological polar surface area (TPSA) is 72.6 Å². The SMILES string of the molecule is COc1cc(C)c(N)cc1S(=O)(=O)N1CC2CCCC2C1. The van der Waals surface area contributed by atoms with Crippen LogP contribution in [0.5, 0.6) is 5.75 Å². The van der Waals surface area contributed by atoms with Gasteiger partial charge in [-0.1, -0.05) is 6.42 Å². The number of sulfonamides is 1. The number of aryl methyl sites for hydroxylation is 1. The first-order valence-electron chi connectivity index (χ1n) is 7.37. The van der Waals surface area contributed by atoms with Crippen LogP contribution in [0.25, 0.3) is 0 Å². The summed E-state index contributed by atoms with van der Waals surface area (Å²) in [5.41, 5.74) is 7.20. The average Bonchev–Trinajstić information content (AvgIpc) is 3.02. The third-order valence-electron chi connectivity index (χ3n) is 4.86. The molecule has 1 heterocycles. The van der Waals surface area contributed by atoms with Gasteiger partial charge in [-0.2, -0.15) is 4.31 Å². The maximum Gasteiger partial charge on any atom is 0.246 e. The fourth-order valence-electron chi connectivity index (χ4n) is 3.57. The molecule has 0 spiro atoms. The predicted octanol–water partition coefficient (Wildman–Crippen LogP) is 2.01. The van der Waals surface area contributed by atoms with E-state index in [2.05, 4.69) is 0 Å². The molecule has 3 rings (SSSR count). The van der Waals surface area contributed by atoms with Crippen LogP contribution in [0.2, 0.25) is 0 Å². The van der Waals surface area contributed by atoms with E-state index >= 15 is 0 Å². The number of methoxy groups -OCH3 is 1. The summed E-state index contributed by atoms with van der Waals surface area (Å²) in [5, 5.41) is 0. The monoisotopic (exact) mass is 310 g/mol. The number of nitrogens with two attached hydrogens (primary N) is 1. The number of rotatable bonds is 3. The molecule has 2 fully saturated rings. The zero-order chi connectivity index (χ0) is 15.2. The molecular formula is C15H22N2O3S. The first kappa shape index (κ1) is 14.7. The molecule has 2 N–H and O–H groups in total. The van der Waals surface area contributed by atoms with E-state index in [1.165, 1.54) is 19.6 Å². The Kier molecular flexibility index (Phi) is 3.61. The van der Waals surface area contributed by atoms with E-state index in [0.717, 1.165) is 18.4 Å². The normalized spacial score (nSPS) is 26.0. The van der Waals surface area contributed by atoms with Crippen molar-refractivity contribution in [3.63, 3.8) is 0 Å². The van der Waals surface area contributed by atoms with E-state index in [1.807, 2.05) is 6.92 Å². The smallest absolute Gasteiger partial charge is 0.246 e. The number of nitrogen functional groups attached to an aromatic ring is 1. The Morgan fingerprint density at radius 3 is 2.43 bits per heavy atom. The molecule has 6 heteroatoms. The van der Waals surface area contributed by atoms with Crippen molar-refractivity contribution in [3.05, 3.63) is 17.7 Å². The van der Waals surface area contributed by atoms with Gasteiger partial charge in [0.2, 0.25) is 10.0 Å². The molecule has 2 unspecified atom stereocenters. The van der Waals surface area contributed by atoms with Crippen LogP contribution in [0, 0.1) is 18.8 Å². The quantitative estimate of drug-likeness (QED) is 0.867. The van der Waals surface area contributed by atoms with Crippen molar-refractivity contribution in [3.8, 4) is 5.75 Å². The van der Waals surface area contributed by atoms with Crippen LogP contribution < -0.4 is 10.5 Å². The van der Waals surface area contributed by atoms with E-state index in [1.54, 1.807) is 10.4 Å². The largest absolute Gasteiger partial charge is 0.495 e. The highest BCUT2D eigenvalue weighted by Crippen LogP contribution is 2.41. The van der Waals surface area contributed by atoms with Gasteiger partial charge in [0.15, 0.2) is 0 Å². The standard InChI is InChI=1S/C15H22N2O3S/c1-10-6-14(20-2)15(7-13(10)16)21(18,19)17-8-11-4-3-5-12(11)9-17/h6-7,11-12H,3-5,8-9,16H2,1-2H3. The molecule has 0 radical (unpaired) electrons. The molecule has 2 atom stereocenters. The second-order valence-corrected chi connectivity index (χ2v) is 8.04. The Morgan fingerprint density at radius 1 is 1.24 bits per heavy atom. The van der Waals surface area contributed by atoms with Gasteiger partial charge in [-0.3, -0.25) is 0 Å². The van der Waals surface area contributed by atoms with Crippen LogP contribution in [0.1, 0.15) is 24.8 Å². The molecule has 1 aromatic rings. The van der Waals surface area contributed by atoms with Gasteiger partial charge in [0.25, 0.3) is 0 Å². The minimum atomic E-state index is -3.53. The Bertz CT molecular complexity index is 645. The molecule has 116 valence electrons. The second-order valence-electron chi connectivity index (χ2n) is 6.13. The Morgan fingerprint density at radius 2 is 1.86 bits per heavy atom. The Balaban J connectivity index is 1.97. The highest BCUT2D eigenvalue weighted by atomic mass is 32.2. The fraction of sp³-hybridized carbons (Fsp3) is 0.600. The van der Waals surface area contributed by atoms with Crippen LogP contribution >= 0.6 is 0 Å². The number of ether oxygens (including phenoxy) is 1.